The van der Waals surface area contributed by atoms with Gasteiger partial charge in [0.05, 0.1) is 19.9 Å². The molecule has 0 unspecified atom stereocenters. The van der Waals surface area contributed by atoms with Gasteiger partial charge in [0.2, 0.25) is 0 Å². The summed E-state index contributed by atoms with van der Waals surface area (Å²) in [5, 5.41) is 0. The Kier molecular flexibility index (Phi) is 4.30. The number of Topliss-reactive ketones (excluding diaryl/α,β-unsaturated/α-hetero) is 1. The molecule has 0 spiro atoms. The molecule has 124 valence electrons. The monoisotopic (exact) mass is 323 g/mol. The second-order valence-electron chi connectivity index (χ2n) is 5.99. The summed E-state index contributed by atoms with van der Waals surface area (Å²) in [4.78, 5) is 14.5. The molecule has 4 heteroatoms. The van der Waals surface area contributed by atoms with E-state index in [4.69, 9.17) is 9.47 Å². The number of allylic oxidation sites excluding steroid dienone is 1. The molecule has 0 N–H and O–H groups in total. The van der Waals surface area contributed by atoms with E-state index >= 15 is 0 Å². The highest BCUT2D eigenvalue weighted by Gasteiger charge is 2.24. The molecule has 0 amide bonds. The van der Waals surface area contributed by atoms with Gasteiger partial charge in [0.15, 0.2) is 5.78 Å². The zero-order valence-electron chi connectivity index (χ0n) is 14.4. The topological polar surface area (TPSA) is 38.8 Å². The summed E-state index contributed by atoms with van der Waals surface area (Å²) >= 11 is 0. The van der Waals surface area contributed by atoms with E-state index in [1.54, 1.807) is 14.2 Å². The fraction of sp³-hybridized carbons (Fsp3) is 0.250. The molecule has 0 bridgehead atoms. The van der Waals surface area contributed by atoms with E-state index in [1.165, 1.54) is 0 Å². The zero-order valence-corrected chi connectivity index (χ0v) is 14.4. The molecule has 2 aromatic carbocycles. The molecule has 0 aromatic heterocycles. The van der Waals surface area contributed by atoms with Crippen molar-refractivity contribution < 1.29 is 14.3 Å². The summed E-state index contributed by atoms with van der Waals surface area (Å²) in [5.41, 5.74) is 4.41. The van der Waals surface area contributed by atoms with Gasteiger partial charge in [0.25, 0.3) is 0 Å². The van der Waals surface area contributed by atoms with E-state index in [-0.39, 0.29) is 5.78 Å². The van der Waals surface area contributed by atoms with Gasteiger partial charge in [-0.15, -0.1) is 0 Å². The Hall–Kier alpha value is -2.75. The second kappa shape index (κ2) is 6.40. The maximum absolute atomic E-state index is 12.6. The van der Waals surface area contributed by atoms with Crippen molar-refractivity contribution in [2.45, 2.75) is 6.42 Å². The van der Waals surface area contributed by atoms with Gasteiger partial charge in [-0.3, -0.25) is 4.79 Å². The van der Waals surface area contributed by atoms with Crippen LogP contribution in [0.1, 0.15) is 21.5 Å². The Morgan fingerprint density at radius 2 is 1.75 bits per heavy atom. The van der Waals surface area contributed by atoms with Crippen LogP contribution in [0.15, 0.2) is 42.0 Å². The number of fused-ring (bicyclic) bond motifs is 1. The fourth-order valence-corrected chi connectivity index (χ4v) is 3.03. The Balaban J connectivity index is 2.06. The largest absolute Gasteiger partial charge is 0.496 e. The van der Waals surface area contributed by atoms with Gasteiger partial charge >= 0.3 is 0 Å². The molecule has 1 aliphatic rings. The van der Waals surface area contributed by atoms with Crippen LogP contribution in [0.25, 0.3) is 6.08 Å². The highest BCUT2D eigenvalue weighted by atomic mass is 16.5. The maximum Gasteiger partial charge on any atom is 0.189 e. The van der Waals surface area contributed by atoms with Gasteiger partial charge in [0, 0.05) is 43.3 Å². The molecule has 1 aliphatic carbocycles. The smallest absolute Gasteiger partial charge is 0.189 e. The third-order valence-electron chi connectivity index (χ3n) is 4.28. The van der Waals surface area contributed by atoms with Crippen LogP contribution in [0.5, 0.6) is 11.5 Å². The van der Waals surface area contributed by atoms with Crippen molar-refractivity contribution in [1.82, 2.24) is 0 Å². The van der Waals surface area contributed by atoms with E-state index in [0.717, 1.165) is 39.4 Å². The highest BCUT2D eigenvalue weighted by Crippen LogP contribution is 2.37. The molecule has 0 fully saturated rings. The molecule has 0 aliphatic heterocycles. The lowest BCUT2D eigenvalue weighted by Crippen LogP contribution is -2.10. The van der Waals surface area contributed by atoms with Crippen LogP contribution < -0.4 is 14.4 Å². The molecule has 0 heterocycles. The van der Waals surface area contributed by atoms with E-state index < -0.39 is 0 Å². The Morgan fingerprint density at radius 3 is 2.38 bits per heavy atom. The van der Waals surface area contributed by atoms with Gasteiger partial charge < -0.3 is 14.4 Å². The van der Waals surface area contributed by atoms with Gasteiger partial charge in [-0.1, -0.05) is 24.3 Å². The number of methoxy groups -OCH3 is 2. The van der Waals surface area contributed by atoms with E-state index in [2.05, 4.69) is 0 Å². The second-order valence-corrected chi connectivity index (χ2v) is 5.99. The summed E-state index contributed by atoms with van der Waals surface area (Å²) < 4.78 is 11.0. The number of anilines is 1. The van der Waals surface area contributed by atoms with Crippen molar-refractivity contribution in [3.8, 4) is 11.5 Å². The third-order valence-corrected chi connectivity index (χ3v) is 4.28. The molecule has 0 atom stereocenters. The minimum atomic E-state index is 0.0864. The number of hydrogen-bond donors (Lipinski definition) is 0. The molecule has 3 rings (SSSR count). The average Bonchev–Trinajstić information content (AvgIpc) is 2.90. The number of carbonyl (C=O) groups excluding carboxylic acids is 1. The first-order chi connectivity index (χ1) is 11.5. The van der Waals surface area contributed by atoms with Crippen molar-refractivity contribution in [3.05, 3.63) is 58.7 Å². The van der Waals surface area contributed by atoms with E-state index in [9.17, 15) is 4.79 Å². The van der Waals surface area contributed by atoms with Crippen LogP contribution in [-0.4, -0.2) is 34.1 Å². The first-order valence-electron chi connectivity index (χ1n) is 7.81. The molecule has 0 radical (unpaired) electrons. The van der Waals surface area contributed by atoms with Crippen molar-refractivity contribution >= 4 is 17.5 Å². The number of nitrogens with zero attached hydrogens (tertiary/aromatic N) is 1. The average molecular weight is 323 g/mol. The van der Waals surface area contributed by atoms with Gasteiger partial charge in [0.1, 0.15) is 11.5 Å². The summed E-state index contributed by atoms with van der Waals surface area (Å²) in [6.07, 6.45) is 2.55. The number of carbonyl (C=O) groups is 1. The van der Waals surface area contributed by atoms with E-state index in [1.807, 2.05) is 61.5 Å². The first kappa shape index (κ1) is 16.1. The molecular weight excluding hydrogens is 302 g/mol. The SMILES string of the molecule is COc1cc(N(C)C)c(OC)cc1C=C1Cc2ccccc2C1=O. The lowest BCUT2D eigenvalue weighted by atomic mass is 10.1. The Bertz CT molecular complexity index is 822. The van der Waals surface area contributed by atoms with Crippen LogP contribution in [0.2, 0.25) is 0 Å². The van der Waals surface area contributed by atoms with Gasteiger partial charge in [-0.2, -0.15) is 0 Å². The lowest BCUT2D eigenvalue weighted by molar-refractivity contribution is 0.104. The summed E-state index contributed by atoms with van der Waals surface area (Å²) in [6.45, 7) is 0. The Morgan fingerprint density at radius 1 is 1.04 bits per heavy atom. The van der Waals surface area contributed by atoms with Crippen molar-refractivity contribution in [3.63, 3.8) is 0 Å². The molecular formula is C20H21NO3. The molecule has 0 saturated heterocycles. The summed E-state index contributed by atoms with van der Waals surface area (Å²) in [7, 11) is 7.18. The van der Waals surface area contributed by atoms with Crippen molar-refractivity contribution in [1.29, 1.82) is 0 Å². The normalized spacial score (nSPS) is 14.7. The van der Waals surface area contributed by atoms with Crippen LogP contribution in [-0.2, 0) is 6.42 Å². The number of ketones is 1. The first-order valence-corrected chi connectivity index (χ1v) is 7.81. The van der Waals surface area contributed by atoms with Crippen LogP contribution in [0, 0.1) is 0 Å². The van der Waals surface area contributed by atoms with Crippen molar-refractivity contribution in [2.24, 2.45) is 0 Å². The minimum Gasteiger partial charge on any atom is -0.496 e. The fourth-order valence-electron chi connectivity index (χ4n) is 3.03. The van der Waals surface area contributed by atoms with Gasteiger partial charge in [-0.25, -0.2) is 0 Å². The third kappa shape index (κ3) is 2.75. The van der Waals surface area contributed by atoms with Gasteiger partial charge in [-0.05, 0) is 17.7 Å². The quantitative estimate of drug-likeness (QED) is 0.806. The predicted octanol–water partition coefficient (Wildman–Crippen LogP) is 3.59. The zero-order chi connectivity index (χ0) is 17.3. The summed E-state index contributed by atoms with van der Waals surface area (Å²) in [5.74, 6) is 1.55. The highest BCUT2D eigenvalue weighted by molar-refractivity contribution is 6.15. The lowest BCUT2D eigenvalue weighted by Gasteiger charge is -2.19. The summed E-state index contributed by atoms with van der Waals surface area (Å²) in [6, 6.07) is 11.6. The number of ether oxygens (including phenoxy) is 2. The number of rotatable bonds is 4. The predicted molar refractivity (Wildman–Crippen MR) is 96.3 cm³/mol. The number of benzene rings is 2. The molecule has 24 heavy (non-hydrogen) atoms. The minimum absolute atomic E-state index is 0.0864. The molecule has 2 aromatic rings. The van der Waals surface area contributed by atoms with Crippen LogP contribution in [0.4, 0.5) is 5.69 Å². The van der Waals surface area contributed by atoms with Crippen LogP contribution in [0.3, 0.4) is 0 Å². The standard InChI is InChI=1S/C20H21NO3/c1-21(2)17-12-18(23-3)14(11-19(17)24-4)10-15-9-13-7-5-6-8-16(13)20(15)22/h5-8,10-12H,9H2,1-4H3. The van der Waals surface area contributed by atoms with Crippen molar-refractivity contribution in [2.75, 3.05) is 33.2 Å². The number of hydrogen-bond acceptors (Lipinski definition) is 4. The Labute approximate surface area is 142 Å². The maximum atomic E-state index is 12.6. The van der Waals surface area contributed by atoms with E-state index in [0.29, 0.717) is 6.42 Å². The molecule has 4 nitrogen and oxygen atoms in total. The molecule has 0 saturated carbocycles. The van der Waals surface area contributed by atoms with Crippen LogP contribution >= 0.6 is 0 Å².